The summed E-state index contributed by atoms with van der Waals surface area (Å²) >= 11 is 0. The van der Waals surface area contributed by atoms with E-state index in [2.05, 4.69) is 5.92 Å². The van der Waals surface area contributed by atoms with Gasteiger partial charge < -0.3 is 9.84 Å². The first-order valence-electron chi connectivity index (χ1n) is 5.64. The molecule has 0 unspecified atom stereocenters. The number of benzene rings is 1. The van der Waals surface area contributed by atoms with Crippen LogP contribution in [0.5, 0.6) is 5.75 Å². The largest absolute Gasteiger partial charge is 0.507 e. The number of aryl methyl sites for hydroxylation is 1. The van der Waals surface area contributed by atoms with Crippen molar-refractivity contribution < 1.29 is 19.4 Å². The molecule has 96 valence electrons. The summed E-state index contributed by atoms with van der Waals surface area (Å²) in [6, 6.07) is 1.57. The highest BCUT2D eigenvalue weighted by Crippen LogP contribution is 2.34. The van der Waals surface area contributed by atoms with E-state index in [0.717, 1.165) is 6.08 Å². The molecule has 1 aliphatic rings. The van der Waals surface area contributed by atoms with Crippen LogP contribution in [0.15, 0.2) is 17.9 Å². The molecule has 0 spiro atoms. The molecule has 0 fully saturated rings. The van der Waals surface area contributed by atoms with Crippen molar-refractivity contribution >= 4 is 11.6 Å². The summed E-state index contributed by atoms with van der Waals surface area (Å²) in [4.78, 5) is 24.0. The minimum Gasteiger partial charge on any atom is -0.507 e. The number of Topliss-reactive ketones (excluding diaryl/α,β-unsaturated/α-hetero) is 1. The Hall–Kier alpha value is -2.54. The van der Waals surface area contributed by atoms with Crippen molar-refractivity contribution in [3.63, 3.8) is 0 Å². The Kier molecular flexibility index (Phi) is 3.14. The third kappa shape index (κ3) is 1.89. The van der Waals surface area contributed by atoms with Gasteiger partial charge in [0, 0.05) is 23.6 Å². The zero-order chi connectivity index (χ0) is 14.2. The Balaban J connectivity index is 2.74. The van der Waals surface area contributed by atoms with Gasteiger partial charge in [0.2, 0.25) is 5.78 Å². The van der Waals surface area contributed by atoms with E-state index in [1.807, 2.05) is 0 Å². The molecule has 0 aromatic heterocycles. The third-order valence-corrected chi connectivity index (χ3v) is 3.11. The van der Waals surface area contributed by atoms with Gasteiger partial charge >= 0.3 is 0 Å². The fourth-order valence-electron chi connectivity index (χ4n) is 2.13. The molecule has 19 heavy (non-hydrogen) atoms. The van der Waals surface area contributed by atoms with Crippen LogP contribution in [0.3, 0.4) is 0 Å². The summed E-state index contributed by atoms with van der Waals surface area (Å²) in [5, 5.41) is 10.2. The number of ether oxygens (including phenoxy) is 1. The van der Waals surface area contributed by atoms with Crippen LogP contribution >= 0.6 is 0 Å². The van der Waals surface area contributed by atoms with E-state index in [1.165, 1.54) is 7.11 Å². The summed E-state index contributed by atoms with van der Waals surface area (Å²) in [5.74, 6) is 1.24. The van der Waals surface area contributed by atoms with E-state index < -0.39 is 5.78 Å². The molecule has 4 nitrogen and oxygen atoms in total. The van der Waals surface area contributed by atoms with Crippen LogP contribution in [0.25, 0.3) is 0 Å². The fraction of sp³-hybridized carbons (Fsp3) is 0.200. The number of aromatic hydroxyl groups is 1. The number of hydrogen-bond donors (Lipinski definition) is 1. The predicted octanol–water partition coefficient (Wildman–Crippen LogP) is 1.79. The second kappa shape index (κ2) is 4.62. The van der Waals surface area contributed by atoms with Gasteiger partial charge in [-0.05, 0) is 18.6 Å². The van der Waals surface area contributed by atoms with Crippen LogP contribution in [0.4, 0.5) is 0 Å². The molecule has 1 aliphatic carbocycles. The monoisotopic (exact) mass is 256 g/mol. The maximum atomic E-state index is 12.1. The number of carbonyl (C=O) groups is 2. The Morgan fingerprint density at radius 3 is 2.68 bits per heavy atom. The molecule has 1 aromatic rings. The van der Waals surface area contributed by atoms with Crippen LogP contribution in [0, 0.1) is 19.3 Å². The lowest BCUT2D eigenvalue weighted by atomic mass is 9.87. The number of rotatable bonds is 2. The molecule has 0 amide bonds. The van der Waals surface area contributed by atoms with E-state index in [-0.39, 0.29) is 34.8 Å². The molecular weight excluding hydrogens is 244 g/mol. The highest BCUT2D eigenvalue weighted by molar-refractivity contribution is 6.25. The molecule has 1 aromatic carbocycles. The van der Waals surface area contributed by atoms with Gasteiger partial charge in [-0.3, -0.25) is 9.59 Å². The Labute approximate surface area is 110 Å². The molecule has 1 N–H and O–H groups in total. The van der Waals surface area contributed by atoms with Crippen molar-refractivity contribution in [2.24, 2.45) is 0 Å². The van der Waals surface area contributed by atoms with Crippen LogP contribution in [-0.4, -0.2) is 23.8 Å². The molecule has 0 heterocycles. The van der Waals surface area contributed by atoms with Gasteiger partial charge in [0.15, 0.2) is 11.5 Å². The van der Waals surface area contributed by atoms with Gasteiger partial charge in [-0.15, -0.1) is 12.3 Å². The predicted molar refractivity (Wildman–Crippen MR) is 69.1 cm³/mol. The molecule has 0 bridgehead atoms. The maximum Gasteiger partial charge on any atom is 0.232 e. The Morgan fingerprint density at radius 2 is 2.11 bits per heavy atom. The number of fused-ring (bicyclic) bond motifs is 1. The minimum absolute atomic E-state index is 0.0276. The minimum atomic E-state index is -0.507. The van der Waals surface area contributed by atoms with Gasteiger partial charge in [-0.2, -0.15) is 0 Å². The van der Waals surface area contributed by atoms with Gasteiger partial charge in [0.1, 0.15) is 5.75 Å². The van der Waals surface area contributed by atoms with Crippen molar-refractivity contribution in [1.29, 1.82) is 0 Å². The average molecular weight is 256 g/mol. The number of phenols is 1. The van der Waals surface area contributed by atoms with E-state index in [0.29, 0.717) is 11.1 Å². The second-order valence-corrected chi connectivity index (χ2v) is 4.23. The summed E-state index contributed by atoms with van der Waals surface area (Å²) in [6.07, 6.45) is 6.56. The van der Waals surface area contributed by atoms with E-state index in [4.69, 9.17) is 11.2 Å². The Bertz CT molecular complexity index is 660. The number of phenolic OH excluding ortho intramolecular Hbond substituents is 1. The summed E-state index contributed by atoms with van der Waals surface area (Å²) in [6.45, 7) is 1.74. The van der Waals surface area contributed by atoms with Crippen molar-refractivity contribution in [2.75, 3.05) is 7.11 Å². The quantitative estimate of drug-likeness (QED) is 0.819. The normalized spacial score (nSPS) is 13.6. The van der Waals surface area contributed by atoms with Crippen molar-refractivity contribution in [2.45, 2.75) is 13.3 Å². The number of carbonyl (C=O) groups excluding carboxylic acids is 2. The zero-order valence-electron chi connectivity index (χ0n) is 10.6. The lowest BCUT2D eigenvalue weighted by molar-refractivity contribution is 0.0913. The lowest BCUT2D eigenvalue weighted by Gasteiger charge is -2.18. The summed E-state index contributed by atoms with van der Waals surface area (Å²) in [7, 11) is 1.30. The van der Waals surface area contributed by atoms with Crippen LogP contribution < -0.4 is 0 Å². The first-order valence-corrected chi connectivity index (χ1v) is 5.64. The number of methoxy groups -OCH3 is 1. The lowest BCUT2D eigenvalue weighted by Crippen LogP contribution is -2.19. The smallest absolute Gasteiger partial charge is 0.232 e. The third-order valence-electron chi connectivity index (χ3n) is 3.11. The van der Waals surface area contributed by atoms with Crippen molar-refractivity contribution in [3.8, 4) is 18.1 Å². The van der Waals surface area contributed by atoms with E-state index in [9.17, 15) is 14.7 Å². The van der Waals surface area contributed by atoms with Gasteiger partial charge in [-0.1, -0.05) is 0 Å². The van der Waals surface area contributed by atoms with Crippen LogP contribution in [0.2, 0.25) is 0 Å². The second-order valence-electron chi connectivity index (χ2n) is 4.23. The molecule has 0 atom stereocenters. The van der Waals surface area contributed by atoms with Crippen molar-refractivity contribution in [3.05, 3.63) is 40.2 Å². The first-order chi connectivity index (χ1) is 9.01. The Morgan fingerprint density at radius 1 is 1.42 bits per heavy atom. The molecule has 0 saturated carbocycles. The van der Waals surface area contributed by atoms with Gasteiger partial charge in [-0.25, -0.2) is 0 Å². The first kappa shape index (κ1) is 12.9. The maximum absolute atomic E-state index is 12.1. The van der Waals surface area contributed by atoms with Gasteiger partial charge in [0.05, 0.1) is 12.7 Å². The molecule has 4 heteroatoms. The van der Waals surface area contributed by atoms with E-state index in [1.54, 1.807) is 13.0 Å². The molecule has 0 aliphatic heterocycles. The average Bonchev–Trinajstić information content (AvgIpc) is 2.38. The van der Waals surface area contributed by atoms with E-state index >= 15 is 0 Å². The number of allylic oxidation sites excluding steroid dienone is 2. The molecule has 2 rings (SSSR count). The summed E-state index contributed by atoms with van der Waals surface area (Å²) < 4.78 is 4.86. The zero-order valence-corrected chi connectivity index (χ0v) is 10.6. The topological polar surface area (TPSA) is 63.6 Å². The molecule has 0 radical (unpaired) electrons. The van der Waals surface area contributed by atoms with Gasteiger partial charge in [0.25, 0.3) is 0 Å². The highest BCUT2D eigenvalue weighted by atomic mass is 16.5. The molecule has 0 saturated heterocycles. The number of ketones is 2. The van der Waals surface area contributed by atoms with Crippen molar-refractivity contribution in [1.82, 2.24) is 0 Å². The molecular formula is C15H12O4. The standard InChI is InChI=1S/C15H12O4/c1-4-5-9-8(2)6-10-11(16)7-12(19-3)15(18)13(10)14(9)17/h1,6-7,17H,5H2,2-3H3. The number of terminal acetylenes is 1. The number of hydrogen-bond acceptors (Lipinski definition) is 4. The van der Waals surface area contributed by atoms with Crippen LogP contribution in [-0.2, 0) is 11.2 Å². The van der Waals surface area contributed by atoms with Crippen LogP contribution in [0.1, 0.15) is 31.8 Å². The fourth-order valence-corrected chi connectivity index (χ4v) is 2.13. The highest BCUT2D eigenvalue weighted by Gasteiger charge is 2.31. The summed E-state index contributed by atoms with van der Waals surface area (Å²) in [5.41, 5.74) is 1.33. The SMILES string of the molecule is C#CCc1c(C)cc2c(c1O)C(=O)C(OC)=CC2=O.